The molecule has 243 valence electrons. The van der Waals surface area contributed by atoms with E-state index >= 15 is 0 Å². The lowest BCUT2D eigenvalue weighted by atomic mass is 10.1. The first-order valence-electron chi connectivity index (χ1n) is 10.1. The van der Waals surface area contributed by atoms with Crippen molar-refractivity contribution in [1.29, 1.82) is 0 Å². The predicted octanol–water partition coefficient (Wildman–Crippen LogP) is 1.83. The number of ether oxygens (including phenoxy) is 4. The molecule has 2 fully saturated rings. The number of alkyl halides is 2. The Labute approximate surface area is 241 Å². The van der Waals surface area contributed by atoms with E-state index in [1.807, 2.05) is 0 Å². The van der Waals surface area contributed by atoms with Crippen molar-refractivity contribution in [3.8, 4) is 0 Å². The smallest absolute Gasteiger partial charge is 0.443 e. The normalized spacial score (nSPS) is 26.5. The molecule has 3 unspecified atom stereocenters. The summed E-state index contributed by atoms with van der Waals surface area (Å²) in [5.74, 6) is 0.0904. The molecular weight excluding hydrogens is 660 g/mol. The molecule has 0 aromatic carbocycles. The summed E-state index contributed by atoms with van der Waals surface area (Å²) in [7, 11) is -12.0. The van der Waals surface area contributed by atoms with Gasteiger partial charge in [0.1, 0.15) is 23.8 Å². The molecule has 0 aliphatic carbocycles. The third-order valence-electron chi connectivity index (χ3n) is 5.23. The number of quaternary nitrogens is 1. The van der Waals surface area contributed by atoms with Crippen LogP contribution in [0.4, 0.5) is 14.6 Å². The number of nitrogens with zero attached hydrogens (tertiary/aromatic N) is 4. The molecule has 2 aliphatic rings. The summed E-state index contributed by atoms with van der Waals surface area (Å²) in [6.45, 7) is -2.03. The molecule has 7 atom stereocenters. The Hall–Kier alpha value is -1.21. The SMILES string of the molecule is N.N.N.[B-]P(=O)(OC[C@H]1O[C@@H](n2cnc3c(N)nc(SC)nc32)[C@@H]2OC(OC)O[C@@H]21)OP(=O)(O)C(F)(F)P(=O)(O)O.[NH4+]. The number of methoxy groups -OCH3 is 1. The first-order chi connectivity index (χ1) is 17.5. The summed E-state index contributed by atoms with van der Waals surface area (Å²) in [6.07, 6.45) is -1.15. The highest BCUT2D eigenvalue weighted by molar-refractivity contribution is 7.98. The molecular formula is C14H32BF2N9O12P3S. The topological polar surface area (TPSA) is 378 Å². The van der Waals surface area contributed by atoms with Gasteiger partial charge in [0.15, 0.2) is 22.8 Å². The van der Waals surface area contributed by atoms with Gasteiger partial charge >= 0.3 is 20.6 Å². The summed E-state index contributed by atoms with van der Waals surface area (Å²) in [6, 6.07) is 0. The van der Waals surface area contributed by atoms with Crippen LogP contribution >= 0.6 is 34.4 Å². The number of nitrogens with two attached hydrogens (primary N) is 1. The zero-order valence-corrected chi connectivity index (χ0v) is 25.8. The Morgan fingerprint density at radius 1 is 1.14 bits per heavy atom. The van der Waals surface area contributed by atoms with E-state index in [-0.39, 0.29) is 41.6 Å². The van der Waals surface area contributed by atoms with Crippen molar-refractivity contribution >= 4 is 59.0 Å². The van der Waals surface area contributed by atoms with Gasteiger partial charge in [-0.05, 0) is 6.26 Å². The quantitative estimate of drug-likeness (QED) is 0.0761. The molecule has 4 heterocycles. The molecule has 0 saturated carbocycles. The molecule has 2 saturated heterocycles. The minimum atomic E-state index is -6.59. The van der Waals surface area contributed by atoms with Gasteiger partial charge in [0.2, 0.25) is 0 Å². The average molecular weight is 692 g/mol. The number of halogens is 2. The third kappa shape index (κ3) is 7.53. The largest absolute Gasteiger partial charge is 0.444 e. The van der Waals surface area contributed by atoms with Gasteiger partial charge in [0.05, 0.1) is 20.4 Å². The maximum absolute atomic E-state index is 13.7. The van der Waals surface area contributed by atoms with Crippen molar-refractivity contribution in [2.75, 3.05) is 25.7 Å². The van der Waals surface area contributed by atoms with E-state index in [0.717, 1.165) is 0 Å². The van der Waals surface area contributed by atoms with Crippen LogP contribution < -0.4 is 30.3 Å². The van der Waals surface area contributed by atoms with Crippen molar-refractivity contribution < 1.29 is 64.9 Å². The van der Waals surface area contributed by atoms with E-state index in [0.29, 0.717) is 5.16 Å². The highest BCUT2D eigenvalue weighted by Gasteiger charge is 2.65. The number of imidazole rings is 1. The fourth-order valence-corrected chi connectivity index (χ4v) is 7.72. The lowest BCUT2D eigenvalue weighted by molar-refractivity contribution is -0.256. The fourth-order valence-electron chi connectivity index (χ4n) is 3.54. The number of hydrogen-bond acceptors (Lipinski definition) is 17. The van der Waals surface area contributed by atoms with Gasteiger partial charge in [0.25, 0.3) is 6.48 Å². The maximum atomic E-state index is 13.7. The second-order valence-electron chi connectivity index (χ2n) is 7.70. The lowest BCUT2D eigenvalue weighted by Gasteiger charge is -2.32. The van der Waals surface area contributed by atoms with Crippen LogP contribution in [0.5, 0.6) is 0 Å². The summed E-state index contributed by atoms with van der Waals surface area (Å²) >= 11 is 1.21. The molecule has 2 aromatic heterocycles. The highest BCUT2D eigenvalue weighted by Crippen LogP contribution is 2.77. The monoisotopic (exact) mass is 692 g/mol. The zero-order chi connectivity index (χ0) is 28.3. The van der Waals surface area contributed by atoms with Gasteiger partial charge in [-0.2, -0.15) is 8.78 Å². The second kappa shape index (κ2) is 14.3. The van der Waals surface area contributed by atoms with Crippen LogP contribution in [0.1, 0.15) is 6.23 Å². The van der Waals surface area contributed by atoms with Crippen molar-refractivity contribution in [1.82, 2.24) is 44.1 Å². The molecule has 0 amide bonds. The van der Waals surface area contributed by atoms with Gasteiger partial charge in [-0.15, -0.1) is 0 Å². The molecule has 3 radical (unpaired) electrons. The van der Waals surface area contributed by atoms with E-state index < -0.39 is 65.7 Å². The molecule has 2 aromatic rings. The van der Waals surface area contributed by atoms with Crippen LogP contribution in [0, 0.1) is 0 Å². The molecule has 4 rings (SSSR count). The van der Waals surface area contributed by atoms with Crippen LogP contribution in [0.25, 0.3) is 11.2 Å². The van der Waals surface area contributed by atoms with Gasteiger partial charge in [-0.1, -0.05) is 11.8 Å². The number of fused-ring (bicyclic) bond motifs is 2. The number of nitrogen functional groups attached to an aromatic ring is 1. The molecule has 18 N–H and O–H groups in total. The van der Waals surface area contributed by atoms with Gasteiger partial charge in [0, 0.05) is 7.11 Å². The van der Waals surface area contributed by atoms with E-state index in [2.05, 4.69) is 19.3 Å². The maximum Gasteiger partial charge on any atom is 0.444 e. The lowest BCUT2D eigenvalue weighted by Crippen LogP contribution is -2.32. The van der Waals surface area contributed by atoms with Crippen LogP contribution in [0.2, 0.25) is 0 Å². The molecule has 28 heteroatoms. The number of rotatable bonds is 10. The Bertz CT molecular complexity index is 1380. The zero-order valence-electron chi connectivity index (χ0n) is 22.3. The van der Waals surface area contributed by atoms with E-state index in [9.17, 15) is 27.4 Å². The van der Waals surface area contributed by atoms with E-state index in [4.69, 9.17) is 46.6 Å². The second-order valence-corrected chi connectivity index (χ2v) is 14.1. The number of hydrogen-bond donors (Lipinski definition) is 8. The Kier molecular flexibility index (Phi) is 13.9. The Morgan fingerprint density at radius 2 is 1.74 bits per heavy atom. The summed E-state index contributed by atoms with van der Waals surface area (Å²) in [5.41, 5.74) is 6.44. The molecule has 0 bridgehead atoms. The van der Waals surface area contributed by atoms with E-state index in [1.54, 1.807) is 6.26 Å². The Morgan fingerprint density at radius 3 is 2.29 bits per heavy atom. The number of aromatic nitrogens is 4. The molecule has 21 nitrogen and oxygen atoms in total. The fraction of sp³-hybridized carbons (Fsp3) is 0.643. The van der Waals surface area contributed by atoms with Crippen LogP contribution in [0.3, 0.4) is 0 Å². The van der Waals surface area contributed by atoms with Gasteiger partial charge < -0.3 is 80.6 Å². The highest BCUT2D eigenvalue weighted by atomic mass is 32.2. The third-order valence-corrected chi connectivity index (χ3v) is 11.0. The standard InChI is InChI=1S/C14H19BF2N5O12P3S.4H3N/c1-29-13-32-7-5(3-30-37(15,28)34-36(26,27)14(16,17)35(23,24)25)31-11(8(7)33-13)22-4-19-6-9(18)20-12(38-2)21-10(6)22;;;;/h4-5,7-8,11,13H,3H2,1-2H3,(H,26,27)(H2,18,20,21)(H2,23,24,25);4*1H3/q-1;;;;/p+1/t5-,7-,8-,11-,13?,37?;;;;/m1..../s1. The summed E-state index contributed by atoms with van der Waals surface area (Å²) in [5, 5.41) is -5.29. The predicted molar refractivity (Wildman–Crippen MR) is 144 cm³/mol. The minimum absolute atomic E-state index is 0. The summed E-state index contributed by atoms with van der Waals surface area (Å²) < 4.78 is 94.7. The van der Waals surface area contributed by atoms with Crippen molar-refractivity contribution in [2.24, 2.45) is 0 Å². The van der Waals surface area contributed by atoms with E-state index in [1.165, 1.54) is 29.8 Å². The average Bonchev–Trinajstić information content (AvgIpc) is 3.49. The van der Waals surface area contributed by atoms with Crippen molar-refractivity contribution in [3.63, 3.8) is 0 Å². The Balaban J connectivity index is 0.00000420. The first-order valence-corrected chi connectivity index (χ1v) is 16.1. The van der Waals surface area contributed by atoms with Crippen LogP contribution in [-0.4, -0.2) is 91.9 Å². The molecule has 0 spiro atoms. The van der Waals surface area contributed by atoms with Gasteiger partial charge in [-0.25, -0.2) is 15.0 Å². The summed E-state index contributed by atoms with van der Waals surface area (Å²) in [4.78, 5) is 39.3. The van der Waals surface area contributed by atoms with Crippen molar-refractivity contribution in [2.45, 2.75) is 41.6 Å². The number of anilines is 1. The molecule has 42 heavy (non-hydrogen) atoms. The van der Waals surface area contributed by atoms with Crippen molar-refractivity contribution in [3.05, 3.63) is 6.33 Å². The van der Waals surface area contributed by atoms with Gasteiger partial charge in [-0.3, -0.25) is 18.0 Å². The van der Waals surface area contributed by atoms with Crippen LogP contribution in [-0.2, 0) is 41.5 Å². The van der Waals surface area contributed by atoms with Crippen LogP contribution in [0.15, 0.2) is 11.5 Å². The molecule has 2 aliphatic heterocycles. The first kappa shape index (κ1) is 40.8. The minimum Gasteiger partial charge on any atom is -0.443 e. The number of thioether (sulfide) groups is 1.